The van der Waals surface area contributed by atoms with Gasteiger partial charge in [-0.1, -0.05) is 42.0 Å². The minimum Gasteiger partial charge on any atom is -0.493 e. The molecule has 1 amide bonds. The Hall–Kier alpha value is -4.06. The number of methoxy groups -OCH3 is 1. The van der Waals surface area contributed by atoms with Crippen molar-refractivity contribution in [1.82, 2.24) is 5.43 Å². The van der Waals surface area contributed by atoms with Gasteiger partial charge < -0.3 is 13.9 Å². The van der Waals surface area contributed by atoms with Crippen molar-refractivity contribution in [3.05, 3.63) is 95.2 Å². The highest BCUT2D eigenvalue weighted by Crippen LogP contribution is 2.28. The number of amides is 1. The number of benzene rings is 3. The van der Waals surface area contributed by atoms with Gasteiger partial charge in [0.2, 0.25) is 0 Å². The summed E-state index contributed by atoms with van der Waals surface area (Å²) in [5.74, 6) is 1.06. The van der Waals surface area contributed by atoms with Crippen LogP contribution in [-0.2, 0) is 6.61 Å². The van der Waals surface area contributed by atoms with Gasteiger partial charge in [-0.15, -0.1) is 0 Å². The first-order valence-corrected chi connectivity index (χ1v) is 9.81. The van der Waals surface area contributed by atoms with E-state index in [9.17, 15) is 4.79 Å². The van der Waals surface area contributed by atoms with Gasteiger partial charge in [-0.25, -0.2) is 5.43 Å². The lowest BCUT2D eigenvalue weighted by Crippen LogP contribution is -2.16. The van der Waals surface area contributed by atoms with E-state index in [0.717, 1.165) is 22.3 Å². The molecule has 0 unspecified atom stereocenters. The lowest BCUT2D eigenvalue weighted by molar-refractivity contribution is 0.0929. The van der Waals surface area contributed by atoms with Crippen molar-refractivity contribution in [2.75, 3.05) is 7.11 Å². The molecular formula is C25H22N2O4. The molecule has 3 aromatic carbocycles. The maximum Gasteiger partial charge on any atom is 0.307 e. The maximum absolute atomic E-state index is 12.3. The maximum atomic E-state index is 12.3. The van der Waals surface area contributed by atoms with E-state index in [4.69, 9.17) is 13.9 Å². The van der Waals surface area contributed by atoms with E-state index in [0.29, 0.717) is 17.9 Å². The highest BCUT2D eigenvalue weighted by atomic mass is 16.5. The van der Waals surface area contributed by atoms with Crippen LogP contribution in [0.15, 0.2) is 82.3 Å². The van der Waals surface area contributed by atoms with Crippen LogP contribution < -0.4 is 14.9 Å². The highest BCUT2D eigenvalue weighted by molar-refractivity contribution is 5.97. The SMILES string of the molecule is COc1cccc2cc(C(=O)N/N=C\c3ccc(OCc4cccc(C)c4)cc3)oc12. The monoisotopic (exact) mass is 414 g/mol. The third-order valence-electron chi connectivity index (χ3n) is 4.70. The van der Waals surface area contributed by atoms with Crippen LogP contribution in [0.4, 0.5) is 0 Å². The van der Waals surface area contributed by atoms with Crippen molar-refractivity contribution in [1.29, 1.82) is 0 Å². The summed E-state index contributed by atoms with van der Waals surface area (Å²) in [6.07, 6.45) is 1.56. The molecule has 0 spiro atoms. The van der Waals surface area contributed by atoms with Gasteiger partial charge in [-0.05, 0) is 54.4 Å². The lowest BCUT2D eigenvalue weighted by atomic mass is 10.1. The fourth-order valence-corrected chi connectivity index (χ4v) is 3.15. The number of rotatable bonds is 7. The lowest BCUT2D eigenvalue weighted by Gasteiger charge is -2.07. The zero-order valence-electron chi connectivity index (χ0n) is 17.3. The Balaban J connectivity index is 1.34. The van der Waals surface area contributed by atoms with Crippen LogP contribution in [0.25, 0.3) is 11.0 Å². The number of para-hydroxylation sites is 1. The molecule has 1 N–H and O–H groups in total. The van der Waals surface area contributed by atoms with Crippen molar-refractivity contribution in [3.63, 3.8) is 0 Å². The Morgan fingerprint density at radius 1 is 1.06 bits per heavy atom. The van der Waals surface area contributed by atoms with E-state index in [1.54, 1.807) is 25.5 Å². The molecule has 31 heavy (non-hydrogen) atoms. The number of hydrogen-bond acceptors (Lipinski definition) is 5. The Bertz CT molecular complexity index is 1230. The molecule has 156 valence electrons. The van der Waals surface area contributed by atoms with Crippen LogP contribution in [-0.4, -0.2) is 19.2 Å². The molecule has 1 heterocycles. The third-order valence-corrected chi connectivity index (χ3v) is 4.70. The second-order valence-electron chi connectivity index (χ2n) is 7.04. The van der Waals surface area contributed by atoms with Crippen LogP contribution in [0, 0.1) is 6.92 Å². The summed E-state index contributed by atoms with van der Waals surface area (Å²) in [6.45, 7) is 2.56. The minimum absolute atomic E-state index is 0.163. The van der Waals surface area contributed by atoms with E-state index in [1.165, 1.54) is 5.56 Å². The number of ether oxygens (including phenoxy) is 2. The number of nitrogens with zero attached hydrogens (tertiary/aromatic N) is 1. The summed E-state index contributed by atoms with van der Waals surface area (Å²) in [5.41, 5.74) is 6.16. The average Bonchev–Trinajstić information content (AvgIpc) is 3.23. The Morgan fingerprint density at radius 2 is 1.87 bits per heavy atom. The number of hydrogen-bond donors (Lipinski definition) is 1. The summed E-state index contributed by atoms with van der Waals surface area (Å²) >= 11 is 0. The van der Waals surface area contributed by atoms with Gasteiger partial charge in [0, 0.05) is 5.39 Å². The molecule has 0 aliphatic carbocycles. The Morgan fingerprint density at radius 3 is 2.65 bits per heavy atom. The van der Waals surface area contributed by atoms with Crippen molar-refractivity contribution in [2.24, 2.45) is 5.10 Å². The third kappa shape index (κ3) is 4.93. The van der Waals surface area contributed by atoms with E-state index >= 15 is 0 Å². The van der Waals surface area contributed by atoms with Crippen molar-refractivity contribution < 1.29 is 18.7 Å². The van der Waals surface area contributed by atoms with E-state index in [2.05, 4.69) is 29.6 Å². The quantitative estimate of drug-likeness (QED) is 0.338. The fourth-order valence-electron chi connectivity index (χ4n) is 3.15. The van der Waals surface area contributed by atoms with Crippen molar-refractivity contribution in [3.8, 4) is 11.5 Å². The number of fused-ring (bicyclic) bond motifs is 1. The molecule has 0 saturated heterocycles. The van der Waals surface area contributed by atoms with Gasteiger partial charge in [0.15, 0.2) is 17.1 Å². The van der Waals surface area contributed by atoms with Gasteiger partial charge in [0.1, 0.15) is 12.4 Å². The van der Waals surface area contributed by atoms with Crippen LogP contribution in [0.1, 0.15) is 27.2 Å². The Kier molecular flexibility index (Phi) is 5.98. The predicted molar refractivity (Wildman–Crippen MR) is 120 cm³/mol. The van der Waals surface area contributed by atoms with Crippen LogP contribution >= 0.6 is 0 Å². The minimum atomic E-state index is -0.437. The highest BCUT2D eigenvalue weighted by Gasteiger charge is 2.14. The first kappa shape index (κ1) is 20.2. The molecule has 6 heteroatoms. The Labute approximate surface area is 180 Å². The predicted octanol–water partition coefficient (Wildman–Crippen LogP) is 5.09. The van der Waals surface area contributed by atoms with E-state index < -0.39 is 5.91 Å². The molecule has 0 aliphatic rings. The molecule has 0 fully saturated rings. The number of carbonyl (C=O) groups excluding carboxylic acids is 1. The molecule has 0 aliphatic heterocycles. The van der Waals surface area contributed by atoms with Crippen molar-refractivity contribution in [2.45, 2.75) is 13.5 Å². The largest absolute Gasteiger partial charge is 0.493 e. The smallest absolute Gasteiger partial charge is 0.307 e. The molecule has 0 saturated carbocycles. The topological polar surface area (TPSA) is 73.1 Å². The van der Waals surface area contributed by atoms with Gasteiger partial charge in [0.05, 0.1) is 13.3 Å². The van der Waals surface area contributed by atoms with Crippen LogP contribution in [0.3, 0.4) is 0 Å². The molecule has 4 aromatic rings. The molecule has 6 nitrogen and oxygen atoms in total. The van der Waals surface area contributed by atoms with Gasteiger partial charge in [0.25, 0.3) is 0 Å². The second kappa shape index (κ2) is 9.17. The first-order valence-electron chi connectivity index (χ1n) is 9.81. The van der Waals surface area contributed by atoms with Gasteiger partial charge in [-0.3, -0.25) is 4.79 Å². The number of nitrogens with one attached hydrogen (secondary N) is 1. The summed E-state index contributed by atoms with van der Waals surface area (Å²) in [7, 11) is 1.56. The number of carbonyl (C=O) groups is 1. The molecular weight excluding hydrogens is 392 g/mol. The normalized spacial score (nSPS) is 11.0. The molecule has 0 bridgehead atoms. The summed E-state index contributed by atoms with van der Waals surface area (Å²) in [6, 6.07) is 22.8. The number of aryl methyl sites for hydroxylation is 1. The van der Waals surface area contributed by atoms with Gasteiger partial charge >= 0.3 is 5.91 Å². The average molecular weight is 414 g/mol. The molecule has 4 rings (SSSR count). The van der Waals surface area contributed by atoms with Crippen LogP contribution in [0.2, 0.25) is 0 Å². The molecule has 1 aromatic heterocycles. The zero-order chi connectivity index (χ0) is 21.6. The van der Waals surface area contributed by atoms with E-state index in [-0.39, 0.29) is 5.76 Å². The number of hydrazone groups is 1. The first-order chi connectivity index (χ1) is 15.1. The fraction of sp³-hybridized carbons (Fsp3) is 0.120. The van der Waals surface area contributed by atoms with Gasteiger partial charge in [-0.2, -0.15) is 5.10 Å². The summed E-state index contributed by atoms with van der Waals surface area (Å²) in [5, 5.41) is 4.79. The van der Waals surface area contributed by atoms with E-state index in [1.807, 2.05) is 48.5 Å². The standard InChI is InChI=1S/C25H22N2O4/c1-17-5-3-6-19(13-17)16-30-21-11-9-18(10-12-21)15-26-27-25(28)23-14-20-7-4-8-22(29-2)24(20)31-23/h3-15H,16H2,1-2H3,(H,27,28)/b26-15-. The summed E-state index contributed by atoms with van der Waals surface area (Å²) in [4.78, 5) is 12.3. The van der Waals surface area contributed by atoms with Crippen molar-refractivity contribution >= 4 is 23.1 Å². The molecule has 0 atom stereocenters. The second-order valence-corrected chi connectivity index (χ2v) is 7.04. The molecule has 0 radical (unpaired) electrons. The zero-order valence-corrected chi connectivity index (χ0v) is 17.3. The number of furan rings is 1. The van der Waals surface area contributed by atoms with Crippen LogP contribution in [0.5, 0.6) is 11.5 Å². The summed E-state index contributed by atoms with van der Waals surface area (Å²) < 4.78 is 16.7.